The molecule has 0 radical (unpaired) electrons. The zero-order valence-corrected chi connectivity index (χ0v) is 7.65. The van der Waals surface area contributed by atoms with Gasteiger partial charge in [-0.25, -0.2) is 8.78 Å². The van der Waals surface area contributed by atoms with Gasteiger partial charge in [0.25, 0.3) is 5.92 Å². The highest BCUT2D eigenvalue weighted by molar-refractivity contribution is 4.82. The highest BCUT2D eigenvalue weighted by Crippen LogP contribution is 2.35. The summed E-state index contributed by atoms with van der Waals surface area (Å²) in [5.74, 6) is -2.59. The van der Waals surface area contributed by atoms with Crippen LogP contribution in [0.15, 0.2) is 0 Å². The summed E-state index contributed by atoms with van der Waals surface area (Å²) >= 11 is 0. The first-order valence-electron chi connectivity index (χ1n) is 4.55. The summed E-state index contributed by atoms with van der Waals surface area (Å²) in [7, 11) is 0. The third kappa shape index (κ3) is 2.41. The zero-order valence-electron chi connectivity index (χ0n) is 7.65. The van der Waals surface area contributed by atoms with Gasteiger partial charge < -0.3 is 4.74 Å². The molecule has 72 valence electrons. The van der Waals surface area contributed by atoms with Crippen molar-refractivity contribution in [2.24, 2.45) is 0 Å². The van der Waals surface area contributed by atoms with Crippen molar-refractivity contribution >= 4 is 0 Å². The Kier molecular flexibility index (Phi) is 3.04. The van der Waals surface area contributed by atoms with E-state index in [1.165, 1.54) is 0 Å². The molecule has 12 heavy (non-hydrogen) atoms. The summed E-state index contributed by atoms with van der Waals surface area (Å²) in [6, 6.07) is 0. The van der Waals surface area contributed by atoms with E-state index in [1.807, 2.05) is 0 Å². The van der Waals surface area contributed by atoms with Gasteiger partial charge in [-0.15, -0.1) is 0 Å². The van der Waals surface area contributed by atoms with Gasteiger partial charge in [0.15, 0.2) is 0 Å². The third-order valence-corrected chi connectivity index (χ3v) is 2.13. The van der Waals surface area contributed by atoms with Crippen LogP contribution in [0.2, 0.25) is 0 Å². The number of alkyl halides is 2. The number of hydrogen-bond acceptors (Lipinski definition) is 1. The average molecular weight is 178 g/mol. The highest BCUT2D eigenvalue weighted by Gasteiger charge is 2.42. The summed E-state index contributed by atoms with van der Waals surface area (Å²) in [5.41, 5.74) is 0. The van der Waals surface area contributed by atoms with Crippen molar-refractivity contribution in [2.75, 3.05) is 0 Å². The van der Waals surface area contributed by atoms with Crippen LogP contribution >= 0.6 is 0 Å². The van der Waals surface area contributed by atoms with Crippen LogP contribution in [0.5, 0.6) is 0 Å². The van der Waals surface area contributed by atoms with Gasteiger partial charge in [-0.2, -0.15) is 0 Å². The fourth-order valence-corrected chi connectivity index (χ4v) is 1.56. The van der Waals surface area contributed by atoms with Gasteiger partial charge in [-0.1, -0.05) is 6.42 Å². The van der Waals surface area contributed by atoms with Gasteiger partial charge in [0.05, 0.1) is 6.10 Å². The van der Waals surface area contributed by atoms with Crippen LogP contribution < -0.4 is 0 Å². The van der Waals surface area contributed by atoms with Crippen molar-refractivity contribution in [3.05, 3.63) is 0 Å². The molecule has 0 saturated heterocycles. The molecule has 1 nitrogen and oxygen atoms in total. The molecule has 0 aromatic heterocycles. The average Bonchev–Trinajstić information content (AvgIpc) is 1.92. The van der Waals surface area contributed by atoms with E-state index in [-0.39, 0.29) is 12.5 Å². The fraction of sp³-hybridized carbons (Fsp3) is 1.00. The molecule has 3 heteroatoms. The van der Waals surface area contributed by atoms with Gasteiger partial charge in [0.1, 0.15) is 6.10 Å². The SMILES string of the molecule is CC(C)OC1CCCCC1(F)F. The minimum absolute atomic E-state index is 0.00954. The molecule has 1 fully saturated rings. The lowest BCUT2D eigenvalue weighted by molar-refractivity contribution is -0.171. The van der Waals surface area contributed by atoms with Crippen molar-refractivity contribution in [3.8, 4) is 0 Å². The second kappa shape index (κ2) is 3.69. The Bertz CT molecular complexity index is 145. The van der Waals surface area contributed by atoms with E-state index in [2.05, 4.69) is 0 Å². The lowest BCUT2D eigenvalue weighted by Gasteiger charge is -2.32. The molecule has 1 saturated carbocycles. The second-order valence-electron chi connectivity index (χ2n) is 3.68. The first-order chi connectivity index (χ1) is 5.52. The fourth-order valence-electron chi connectivity index (χ4n) is 1.56. The molecule has 0 bridgehead atoms. The topological polar surface area (TPSA) is 9.23 Å². The van der Waals surface area contributed by atoms with E-state index in [0.29, 0.717) is 12.8 Å². The normalized spacial score (nSPS) is 29.2. The zero-order chi connectivity index (χ0) is 9.19. The maximum atomic E-state index is 13.1. The van der Waals surface area contributed by atoms with E-state index >= 15 is 0 Å². The minimum atomic E-state index is -2.59. The number of ether oxygens (including phenoxy) is 1. The Morgan fingerprint density at radius 2 is 2.00 bits per heavy atom. The molecular formula is C9H16F2O. The molecule has 1 unspecified atom stereocenters. The summed E-state index contributed by atoms with van der Waals surface area (Å²) in [5, 5.41) is 0. The lowest BCUT2D eigenvalue weighted by Crippen LogP contribution is -2.40. The van der Waals surface area contributed by atoms with E-state index < -0.39 is 12.0 Å². The van der Waals surface area contributed by atoms with Crippen LogP contribution in [0.1, 0.15) is 39.5 Å². The standard InChI is InChI=1S/C9H16F2O/c1-7(2)12-8-5-3-4-6-9(8,10)11/h7-8H,3-6H2,1-2H3. The smallest absolute Gasteiger partial charge is 0.273 e. The molecule has 0 aromatic carbocycles. The van der Waals surface area contributed by atoms with E-state index in [1.54, 1.807) is 13.8 Å². The van der Waals surface area contributed by atoms with Crippen LogP contribution in [-0.4, -0.2) is 18.1 Å². The molecular weight excluding hydrogens is 162 g/mol. The third-order valence-electron chi connectivity index (χ3n) is 2.13. The van der Waals surface area contributed by atoms with Crippen LogP contribution in [-0.2, 0) is 4.74 Å². The van der Waals surface area contributed by atoms with Crippen molar-refractivity contribution in [2.45, 2.75) is 57.7 Å². The predicted octanol–water partition coefficient (Wildman–Crippen LogP) is 2.99. The van der Waals surface area contributed by atoms with Crippen LogP contribution in [0.25, 0.3) is 0 Å². The summed E-state index contributed by atoms with van der Waals surface area (Å²) < 4.78 is 31.4. The van der Waals surface area contributed by atoms with Gasteiger partial charge in [-0.3, -0.25) is 0 Å². The van der Waals surface area contributed by atoms with Crippen molar-refractivity contribution in [1.29, 1.82) is 0 Å². The molecule has 0 heterocycles. The van der Waals surface area contributed by atoms with E-state index in [4.69, 9.17) is 4.74 Å². The van der Waals surface area contributed by atoms with Crippen LogP contribution in [0, 0.1) is 0 Å². The maximum Gasteiger partial charge on any atom is 0.273 e. The molecule has 1 aliphatic carbocycles. The Balaban J connectivity index is 2.48. The quantitative estimate of drug-likeness (QED) is 0.631. The molecule has 0 aromatic rings. The Hall–Kier alpha value is -0.180. The van der Waals surface area contributed by atoms with Crippen LogP contribution in [0.4, 0.5) is 8.78 Å². The Morgan fingerprint density at radius 1 is 1.33 bits per heavy atom. The maximum absolute atomic E-state index is 13.1. The second-order valence-corrected chi connectivity index (χ2v) is 3.68. The summed E-state index contributed by atoms with van der Waals surface area (Å²) in [6.07, 6.45) is 1.05. The molecule has 1 atom stereocenters. The monoisotopic (exact) mass is 178 g/mol. The molecule has 1 aliphatic rings. The number of hydrogen-bond donors (Lipinski definition) is 0. The molecule has 0 spiro atoms. The highest BCUT2D eigenvalue weighted by atomic mass is 19.3. The first-order valence-corrected chi connectivity index (χ1v) is 4.55. The van der Waals surface area contributed by atoms with Gasteiger partial charge in [0.2, 0.25) is 0 Å². The number of rotatable bonds is 2. The Morgan fingerprint density at radius 3 is 2.50 bits per heavy atom. The molecule has 0 amide bonds. The van der Waals surface area contributed by atoms with Crippen LogP contribution in [0.3, 0.4) is 0 Å². The Labute approximate surface area is 72.1 Å². The van der Waals surface area contributed by atoms with Crippen molar-refractivity contribution in [1.82, 2.24) is 0 Å². The number of halogens is 2. The molecule has 1 rings (SSSR count). The van der Waals surface area contributed by atoms with Gasteiger partial charge in [0, 0.05) is 6.42 Å². The van der Waals surface area contributed by atoms with Crippen molar-refractivity contribution in [3.63, 3.8) is 0 Å². The summed E-state index contributed by atoms with van der Waals surface area (Å²) in [6.45, 7) is 3.59. The lowest BCUT2D eigenvalue weighted by atomic mass is 9.93. The van der Waals surface area contributed by atoms with Gasteiger partial charge in [-0.05, 0) is 26.7 Å². The summed E-state index contributed by atoms with van der Waals surface area (Å²) in [4.78, 5) is 0. The largest absolute Gasteiger partial charge is 0.369 e. The minimum Gasteiger partial charge on any atom is -0.369 e. The van der Waals surface area contributed by atoms with Gasteiger partial charge >= 0.3 is 0 Å². The molecule has 0 N–H and O–H groups in total. The van der Waals surface area contributed by atoms with E-state index in [9.17, 15) is 8.78 Å². The first kappa shape index (κ1) is 9.90. The predicted molar refractivity (Wildman–Crippen MR) is 43.4 cm³/mol. The molecule has 0 aliphatic heterocycles. The van der Waals surface area contributed by atoms with Crippen molar-refractivity contribution < 1.29 is 13.5 Å². The van der Waals surface area contributed by atoms with E-state index in [0.717, 1.165) is 6.42 Å².